The topological polar surface area (TPSA) is 92.4 Å². The fraction of sp³-hybridized carbons (Fsp3) is 0.0435. The number of hydrogen-bond acceptors (Lipinski definition) is 6. The number of phenols is 1. The van der Waals surface area contributed by atoms with Gasteiger partial charge in [0.2, 0.25) is 0 Å². The lowest BCUT2D eigenvalue weighted by atomic mass is 10.2. The van der Waals surface area contributed by atoms with Crippen molar-refractivity contribution in [2.45, 2.75) is 5.16 Å². The lowest BCUT2D eigenvalue weighted by molar-refractivity contribution is -0.118. The van der Waals surface area contributed by atoms with Gasteiger partial charge in [0.25, 0.3) is 5.91 Å². The summed E-state index contributed by atoms with van der Waals surface area (Å²) in [6, 6.07) is 24.1. The van der Waals surface area contributed by atoms with Crippen molar-refractivity contribution in [2.24, 2.45) is 5.10 Å². The Bertz CT molecular complexity index is 1230. The zero-order valence-corrected chi connectivity index (χ0v) is 19.1. The number of rotatable bonds is 7. The van der Waals surface area contributed by atoms with E-state index in [1.54, 1.807) is 24.3 Å². The quantitative estimate of drug-likeness (QED) is 0.216. The van der Waals surface area contributed by atoms with Crippen LogP contribution in [0.25, 0.3) is 17.1 Å². The molecule has 1 aromatic heterocycles. The number of nitrogens with one attached hydrogen (secondary N) is 1. The Hall–Kier alpha value is -3.43. The van der Waals surface area contributed by atoms with Gasteiger partial charge in [-0.2, -0.15) is 5.10 Å². The first-order valence-corrected chi connectivity index (χ1v) is 11.4. The summed E-state index contributed by atoms with van der Waals surface area (Å²) in [5, 5.41) is 22.6. The van der Waals surface area contributed by atoms with E-state index in [0.29, 0.717) is 11.0 Å². The monoisotopic (exact) mass is 507 g/mol. The minimum absolute atomic E-state index is 0.121. The lowest BCUT2D eigenvalue weighted by Crippen LogP contribution is -2.20. The van der Waals surface area contributed by atoms with Crippen LogP contribution in [0.5, 0.6) is 5.75 Å². The van der Waals surface area contributed by atoms with Crippen molar-refractivity contribution in [3.63, 3.8) is 0 Å². The Morgan fingerprint density at radius 1 is 1.03 bits per heavy atom. The standard InChI is InChI=1S/C23H18BrN5O2S/c24-18-8-10-19(11-9-18)29-22(17-4-2-1-3-5-17)27-28-23(29)32-15-21(31)26-25-14-16-6-12-20(30)13-7-16/h1-14,30H,15H2,(H,26,31). The van der Waals surface area contributed by atoms with Gasteiger partial charge in [-0.05, 0) is 54.1 Å². The van der Waals surface area contributed by atoms with Crippen LogP contribution in [0.15, 0.2) is 93.6 Å². The number of benzene rings is 3. The van der Waals surface area contributed by atoms with E-state index in [1.165, 1.54) is 18.0 Å². The van der Waals surface area contributed by atoms with E-state index in [4.69, 9.17) is 0 Å². The summed E-state index contributed by atoms with van der Waals surface area (Å²) in [5.74, 6) is 0.723. The van der Waals surface area contributed by atoms with Gasteiger partial charge in [-0.25, -0.2) is 5.43 Å². The zero-order chi connectivity index (χ0) is 22.3. The summed E-state index contributed by atoms with van der Waals surface area (Å²) >= 11 is 4.74. The highest BCUT2D eigenvalue weighted by Gasteiger charge is 2.17. The number of phenolic OH excluding ortho intramolecular Hbond substituents is 1. The summed E-state index contributed by atoms with van der Waals surface area (Å²) in [6.45, 7) is 0. The molecule has 0 spiro atoms. The van der Waals surface area contributed by atoms with E-state index in [-0.39, 0.29) is 17.4 Å². The molecule has 0 bridgehead atoms. The van der Waals surface area contributed by atoms with E-state index in [2.05, 4.69) is 36.7 Å². The Morgan fingerprint density at radius 3 is 2.47 bits per heavy atom. The third kappa shape index (κ3) is 5.43. The first-order chi connectivity index (χ1) is 15.6. The molecule has 4 aromatic rings. The van der Waals surface area contributed by atoms with Gasteiger partial charge in [0, 0.05) is 15.7 Å². The van der Waals surface area contributed by atoms with Crippen LogP contribution in [0, 0.1) is 0 Å². The van der Waals surface area contributed by atoms with Crippen molar-refractivity contribution >= 4 is 39.8 Å². The average Bonchev–Trinajstić information content (AvgIpc) is 3.24. The number of nitrogens with zero attached hydrogens (tertiary/aromatic N) is 4. The van der Waals surface area contributed by atoms with E-state index >= 15 is 0 Å². The van der Waals surface area contributed by atoms with Crippen LogP contribution in [0.3, 0.4) is 0 Å². The Kier molecular flexibility index (Phi) is 6.98. The minimum Gasteiger partial charge on any atom is -0.508 e. The van der Waals surface area contributed by atoms with Crippen LogP contribution < -0.4 is 5.43 Å². The predicted octanol–water partition coefficient (Wildman–Crippen LogP) is 4.64. The molecule has 0 aliphatic heterocycles. The number of amides is 1. The molecular weight excluding hydrogens is 490 g/mol. The zero-order valence-electron chi connectivity index (χ0n) is 16.7. The van der Waals surface area contributed by atoms with Gasteiger partial charge in [0.15, 0.2) is 11.0 Å². The molecule has 0 saturated carbocycles. The third-order valence-electron chi connectivity index (χ3n) is 4.38. The van der Waals surface area contributed by atoms with Crippen molar-refractivity contribution in [1.29, 1.82) is 0 Å². The van der Waals surface area contributed by atoms with Crippen LogP contribution in [0.2, 0.25) is 0 Å². The van der Waals surface area contributed by atoms with Crippen LogP contribution in [-0.4, -0.2) is 37.7 Å². The minimum atomic E-state index is -0.267. The first-order valence-electron chi connectivity index (χ1n) is 9.60. The number of aromatic nitrogens is 3. The van der Waals surface area contributed by atoms with Crippen molar-refractivity contribution in [3.05, 3.63) is 88.9 Å². The molecule has 0 radical (unpaired) electrons. The molecule has 0 fully saturated rings. The molecule has 32 heavy (non-hydrogen) atoms. The van der Waals surface area contributed by atoms with Gasteiger partial charge in [-0.1, -0.05) is 58.0 Å². The van der Waals surface area contributed by atoms with E-state index < -0.39 is 0 Å². The Balaban J connectivity index is 1.49. The smallest absolute Gasteiger partial charge is 0.250 e. The summed E-state index contributed by atoms with van der Waals surface area (Å²) < 4.78 is 2.90. The number of carbonyl (C=O) groups is 1. The van der Waals surface area contributed by atoms with Crippen molar-refractivity contribution in [3.8, 4) is 22.8 Å². The highest BCUT2D eigenvalue weighted by molar-refractivity contribution is 9.10. The second kappa shape index (κ2) is 10.3. The van der Waals surface area contributed by atoms with Gasteiger partial charge in [0.1, 0.15) is 5.75 Å². The molecule has 1 amide bonds. The number of thioether (sulfide) groups is 1. The molecule has 3 aromatic carbocycles. The summed E-state index contributed by atoms with van der Waals surface area (Å²) in [5.41, 5.74) is 5.09. The molecule has 9 heteroatoms. The molecule has 0 aliphatic carbocycles. The number of halogens is 1. The predicted molar refractivity (Wildman–Crippen MR) is 129 cm³/mol. The maximum atomic E-state index is 12.3. The third-order valence-corrected chi connectivity index (χ3v) is 5.84. The van der Waals surface area contributed by atoms with E-state index in [9.17, 15) is 9.90 Å². The summed E-state index contributed by atoms with van der Waals surface area (Å²) in [7, 11) is 0. The molecule has 0 unspecified atom stereocenters. The maximum absolute atomic E-state index is 12.3. The molecule has 2 N–H and O–H groups in total. The molecular formula is C23H18BrN5O2S. The molecule has 0 atom stereocenters. The van der Waals surface area contributed by atoms with Gasteiger partial charge in [-0.3, -0.25) is 9.36 Å². The van der Waals surface area contributed by atoms with Gasteiger partial charge in [0.05, 0.1) is 12.0 Å². The fourth-order valence-electron chi connectivity index (χ4n) is 2.86. The molecule has 7 nitrogen and oxygen atoms in total. The molecule has 4 rings (SSSR count). The summed E-state index contributed by atoms with van der Waals surface area (Å²) in [6.07, 6.45) is 1.51. The Morgan fingerprint density at radius 2 is 1.75 bits per heavy atom. The number of aromatic hydroxyl groups is 1. The fourth-order valence-corrected chi connectivity index (χ4v) is 3.87. The molecule has 1 heterocycles. The number of carbonyl (C=O) groups excluding carboxylic acids is 1. The van der Waals surface area contributed by atoms with Gasteiger partial charge in [-0.15, -0.1) is 10.2 Å². The van der Waals surface area contributed by atoms with Crippen molar-refractivity contribution in [2.75, 3.05) is 5.75 Å². The summed E-state index contributed by atoms with van der Waals surface area (Å²) in [4.78, 5) is 12.3. The second-order valence-electron chi connectivity index (χ2n) is 6.66. The molecule has 160 valence electrons. The highest BCUT2D eigenvalue weighted by Crippen LogP contribution is 2.28. The number of hydrazone groups is 1. The molecule has 0 aliphatic rings. The van der Waals surface area contributed by atoms with Crippen LogP contribution >= 0.6 is 27.7 Å². The van der Waals surface area contributed by atoms with E-state index in [0.717, 1.165) is 21.3 Å². The average molecular weight is 508 g/mol. The van der Waals surface area contributed by atoms with Gasteiger partial charge >= 0.3 is 0 Å². The lowest BCUT2D eigenvalue weighted by Gasteiger charge is -2.10. The first kappa shape index (κ1) is 21.8. The van der Waals surface area contributed by atoms with Crippen LogP contribution in [0.1, 0.15) is 5.56 Å². The number of hydrogen-bond donors (Lipinski definition) is 2. The SMILES string of the molecule is O=C(CSc1nnc(-c2ccccc2)n1-c1ccc(Br)cc1)NN=Cc1ccc(O)cc1. The largest absolute Gasteiger partial charge is 0.508 e. The normalized spacial score (nSPS) is 11.0. The van der Waals surface area contributed by atoms with Crippen molar-refractivity contribution in [1.82, 2.24) is 20.2 Å². The second-order valence-corrected chi connectivity index (χ2v) is 8.52. The maximum Gasteiger partial charge on any atom is 0.250 e. The van der Waals surface area contributed by atoms with Gasteiger partial charge < -0.3 is 5.11 Å². The Labute approximate surface area is 197 Å². The van der Waals surface area contributed by atoms with Crippen molar-refractivity contribution < 1.29 is 9.90 Å². The molecule has 0 saturated heterocycles. The highest BCUT2D eigenvalue weighted by atomic mass is 79.9. The van der Waals surface area contributed by atoms with Crippen LogP contribution in [-0.2, 0) is 4.79 Å². The van der Waals surface area contributed by atoms with Crippen LogP contribution in [0.4, 0.5) is 0 Å². The van der Waals surface area contributed by atoms with E-state index in [1.807, 2.05) is 59.2 Å².